The van der Waals surface area contributed by atoms with Crippen LogP contribution in [0, 0.1) is 20.8 Å². The van der Waals surface area contributed by atoms with Gasteiger partial charge in [0.1, 0.15) is 12.1 Å². The number of aromatic nitrogens is 2. The lowest BCUT2D eigenvalue weighted by atomic mass is 9.98. The van der Waals surface area contributed by atoms with Gasteiger partial charge in [-0.15, -0.1) is 0 Å². The van der Waals surface area contributed by atoms with E-state index in [2.05, 4.69) is 55.1 Å². The Balaban J connectivity index is 2.48. The van der Waals surface area contributed by atoms with Gasteiger partial charge in [-0.2, -0.15) is 0 Å². The molecule has 0 aliphatic heterocycles. The van der Waals surface area contributed by atoms with E-state index < -0.39 is 0 Å². The molecule has 3 nitrogen and oxygen atoms in total. The van der Waals surface area contributed by atoms with Crippen molar-refractivity contribution in [3.63, 3.8) is 0 Å². The van der Waals surface area contributed by atoms with E-state index in [0.29, 0.717) is 0 Å². The van der Waals surface area contributed by atoms with Crippen LogP contribution in [0.4, 0.5) is 5.82 Å². The van der Waals surface area contributed by atoms with Gasteiger partial charge in [0.25, 0.3) is 0 Å². The Morgan fingerprint density at radius 2 is 1.67 bits per heavy atom. The molecule has 0 unspecified atom stereocenters. The quantitative estimate of drug-likeness (QED) is 0.893. The number of benzene rings is 1. The number of hydrogen-bond donors (Lipinski definition) is 1. The average molecular weight is 241 g/mol. The summed E-state index contributed by atoms with van der Waals surface area (Å²) >= 11 is 0. The third-order valence-electron chi connectivity index (χ3n) is 3.14. The summed E-state index contributed by atoms with van der Waals surface area (Å²) in [4.78, 5) is 8.57. The third kappa shape index (κ3) is 2.50. The fraction of sp³-hybridized carbons (Fsp3) is 0.333. The molecule has 0 saturated carbocycles. The van der Waals surface area contributed by atoms with Crippen molar-refractivity contribution in [1.82, 2.24) is 9.97 Å². The molecule has 94 valence electrons. The summed E-state index contributed by atoms with van der Waals surface area (Å²) in [5.74, 6) is 0.875. The average Bonchev–Trinajstić information content (AvgIpc) is 2.34. The molecule has 0 aliphatic carbocycles. The van der Waals surface area contributed by atoms with Gasteiger partial charge in [0.2, 0.25) is 0 Å². The Morgan fingerprint density at radius 1 is 0.944 bits per heavy atom. The predicted molar refractivity (Wildman–Crippen MR) is 75.8 cm³/mol. The van der Waals surface area contributed by atoms with Crippen molar-refractivity contribution >= 4 is 5.82 Å². The summed E-state index contributed by atoms with van der Waals surface area (Å²) in [6, 6.07) is 6.41. The van der Waals surface area contributed by atoms with E-state index in [1.54, 1.807) is 6.33 Å². The van der Waals surface area contributed by atoms with Gasteiger partial charge in [-0.1, -0.05) is 6.07 Å². The van der Waals surface area contributed by atoms with Gasteiger partial charge < -0.3 is 5.32 Å². The van der Waals surface area contributed by atoms with Crippen LogP contribution in [-0.4, -0.2) is 16.5 Å². The Hall–Kier alpha value is -1.90. The molecule has 0 amide bonds. The molecular weight excluding hydrogens is 222 g/mol. The minimum absolute atomic E-state index is 0.863. The van der Waals surface area contributed by atoms with Crippen LogP contribution in [-0.2, 0) is 0 Å². The zero-order chi connectivity index (χ0) is 13.1. The van der Waals surface area contributed by atoms with Crippen LogP contribution in [0.2, 0.25) is 0 Å². The second-order valence-corrected chi connectivity index (χ2v) is 4.57. The molecule has 0 fully saturated rings. The predicted octanol–water partition coefficient (Wildman–Crippen LogP) is 3.50. The molecule has 1 aromatic heterocycles. The maximum atomic E-state index is 4.37. The topological polar surface area (TPSA) is 37.8 Å². The van der Waals surface area contributed by atoms with Gasteiger partial charge >= 0.3 is 0 Å². The number of hydrogen-bond acceptors (Lipinski definition) is 3. The molecule has 0 spiro atoms. The van der Waals surface area contributed by atoms with Crippen molar-refractivity contribution in [3.8, 4) is 11.3 Å². The highest BCUT2D eigenvalue weighted by Crippen LogP contribution is 2.25. The number of aryl methyl sites for hydroxylation is 3. The lowest BCUT2D eigenvalue weighted by Gasteiger charge is -2.10. The largest absolute Gasteiger partial charge is 0.370 e. The lowest BCUT2D eigenvalue weighted by molar-refractivity contribution is 1.11. The zero-order valence-corrected chi connectivity index (χ0v) is 11.4. The van der Waals surface area contributed by atoms with Gasteiger partial charge in [0.05, 0.1) is 5.69 Å². The normalized spacial score (nSPS) is 10.4. The van der Waals surface area contributed by atoms with Crippen LogP contribution in [0.1, 0.15) is 23.6 Å². The summed E-state index contributed by atoms with van der Waals surface area (Å²) in [5, 5.41) is 3.21. The smallest absolute Gasteiger partial charge is 0.129 e. The number of nitrogens with zero attached hydrogens (tertiary/aromatic N) is 2. The minimum Gasteiger partial charge on any atom is -0.370 e. The molecule has 3 heteroatoms. The Labute approximate surface area is 108 Å². The second-order valence-electron chi connectivity index (χ2n) is 4.57. The standard InChI is InChI=1S/C15H19N3/c1-5-16-15-8-14(17-9-18-15)13-7-11(3)10(2)6-12(13)4/h6-9H,5H2,1-4H3,(H,16,17,18). The first-order valence-corrected chi connectivity index (χ1v) is 6.26. The van der Waals surface area contributed by atoms with Crippen LogP contribution in [0.25, 0.3) is 11.3 Å². The van der Waals surface area contributed by atoms with E-state index in [0.717, 1.165) is 18.1 Å². The summed E-state index contributed by atoms with van der Waals surface area (Å²) in [6.45, 7) is 9.31. The summed E-state index contributed by atoms with van der Waals surface area (Å²) in [7, 11) is 0. The highest BCUT2D eigenvalue weighted by molar-refractivity contribution is 5.67. The summed E-state index contributed by atoms with van der Waals surface area (Å²) in [6.07, 6.45) is 1.61. The minimum atomic E-state index is 0.863. The van der Waals surface area contributed by atoms with E-state index >= 15 is 0 Å². The lowest BCUT2D eigenvalue weighted by Crippen LogP contribution is -2.00. The van der Waals surface area contributed by atoms with Crippen LogP contribution in [0.5, 0.6) is 0 Å². The molecular formula is C15H19N3. The van der Waals surface area contributed by atoms with Gasteiger partial charge in [0, 0.05) is 18.2 Å². The monoisotopic (exact) mass is 241 g/mol. The molecule has 1 N–H and O–H groups in total. The van der Waals surface area contributed by atoms with Crippen LogP contribution in [0.3, 0.4) is 0 Å². The van der Waals surface area contributed by atoms with Gasteiger partial charge in [-0.05, 0) is 50.5 Å². The van der Waals surface area contributed by atoms with Crippen LogP contribution < -0.4 is 5.32 Å². The number of rotatable bonds is 3. The highest BCUT2D eigenvalue weighted by Gasteiger charge is 2.07. The Kier molecular flexibility index (Phi) is 3.60. The van der Waals surface area contributed by atoms with Crippen LogP contribution in [0.15, 0.2) is 24.5 Å². The molecule has 0 aliphatic rings. The van der Waals surface area contributed by atoms with Gasteiger partial charge in [-0.25, -0.2) is 9.97 Å². The molecule has 2 rings (SSSR count). The van der Waals surface area contributed by atoms with E-state index in [9.17, 15) is 0 Å². The first kappa shape index (κ1) is 12.6. The van der Waals surface area contributed by atoms with Crippen molar-refractivity contribution in [3.05, 3.63) is 41.2 Å². The Morgan fingerprint density at radius 3 is 2.39 bits per heavy atom. The van der Waals surface area contributed by atoms with Crippen molar-refractivity contribution in [2.75, 3.05) is 11.9 Å². The van der Waals surface area contributed by atoms with Crippen molar-refractivity contribution in [2.24, 2.45) is 0 Å². The van der Waals surface area contributed by atoms with Gasteiger partial charge in [-0.3, -0.25) is 0 Å². The van der Waals surface area contributed by atoms with Crippen LogP contribution >= 0.6 is 0 Å². The molecule has 1 aromatic carbocycles. The number of nitrogens with one attached hydrogen (secondary N) is 1. The van der Waals surface area contributed by atoms with Gasteiger partial charge in [0.15, 0.2) is 0 Å². The molecule has 2 aromatic rings. The summed E-state index contributed by atoms with van der Waals surface area (Å²) < 4.78 is 0. The van der Waals surface area contributed by atoms with E-state index in [4.69, 9.17) is 0 Å². The van der Waals surface area contributed by atoms with E-state index in [1.165, 1.54) is 22.3 Å². The summed E-state index contributed by atoms with van der Waals surface area (Å²) in [5.41, 5.74) is 6.01. The van der Waals surface area contributed by atoms with E-state index in [1.807, 2.05) is 6.07 Å². The fourth-order valence-corrected chi connectivity index (χ4v) is 2.02. The third-order valence-corrected chi connectivity index (χ3v) is 3.14. The molecule has 0 bridgehead atoms. The molecule has 1 heterocycles. The first-order chi connectivity index (χ1) is 8.61. The van der Waals surface area contributed by atoms with Crippen molar-refractivity contribution < 1.29 is 0 Å². The van der Waals surface area contributed by atoms with E-state index in [-0.39, 0.29) is 0 Å². The molecule has 18 heavy (non-hydrogen) atoms. The Bertz CT molecular complexity index is 562. The molecule has 0 atom stereocenters. The highest BCUT2D eigenvalue weighted by atomic mass is 15.0. The van der Waals surface area contributed by atoms with Crippen molar-refractivity contribution in [2.45, 2.75) is 27.7 Å². The maximum absolute atomic E-state index is 4.37. The van der Waals surface area contributed by atoms with Crippen molar-refractivity contribution in [1.29, 1.82) is 0 Å². The molecule has 0 radical (unpaired) electrons. The molecule has 0 saturated heterocycles. The SMILES string of the molecule is CCNc1cc(-c2cc(C)c(C)cc2C)ncn1. The fourth-order valence-electron chi connectivity index (χ4n) is 2.02. The maximum Gasteiger partial charge on any atom is 0.129 e. The zero-order valence-electron chi connectivity index (χ0n) is 11.4. The second kappa shape index (κ2) is 5.17. The number of anilines is 1. The first-order valence-electron chi connectivity index (χ1n) is 6.26.